The Morgan fingerprint density at radius 1 is 1.10 bits per heavy atom. The van der Waals surface area contributed by atoms with Crippen LogP contribution >= 0.6 is 0 Å². The van der Waals surface area contributed by atoms with Crippen LogP contribution in [0, 0.1) is 0 Å². The maximum Gasteiger partial charge on any atom is 0.306 e. The van der Waals surface area contributed by atoms with Crippen LogP contribution in [0.4, 0.5) is 5.69 Å². The molecule has 0 aromatic heterocycles. The molecular formula is C15H21NO5. The van der Waals surface area contributed by atoms with E-state index < -0.39 is 0 Å². The van der Waals surface area contributed by atoms with Crippen LogP contribution in [-0.4, -0.2) is 32.2 Å². The van der Waals surface area contributed by atoms with E-state index in [1.165, 1.54) is 0 Å². The van der Waals surface area contributed by atoms with Crippen molar-refractivity contribution in [3.63, 3.8) is 0 Å². The molecule has 0 aliphatic rings. The topological polar surface area (TPSA) is 73.9 Å². The first kappa shape index (κ1) is 16.8. The van der Waals surface area contributed by atoms with E-state index in [9.17, 15) is 9.59 Å². The Morgan fingerprint density at radius 2 is 1.86 bits per heavy atom. The first-order chi connectivity index (χ1) is 10.1. The molecule has 1 rings (SSSR count). The molecule has 0 radical (unpaired) electrons. The van der Waals surface area contributed by atoms with Crippen LogP contribution in [0.3, 0.4) is 0 Å². The van der Waals surface area contributed by atoms with Gasteiger partial charge in [-0.05, 0) is 26.0 Å². The largest absolute Gasteiger partial charge is 0.493 e. The second kappa shape index (κ2) is 8.84. The number of hydrogen-bond acceptors (Lipinski definition) is 5. The molecule has 0 fully saturated rings. The van der Waals surface area contributed by atoms with Gasteiger partial charge in [-0.1, -0.05) is 0 Å². The van der Waals surface area contributed by atoms with Gasteiger partial charge < -0.3 is 19.5 Å². The summed E-state index contributed by atoms with van der Waals surface area (Å²) in [6.45, 7) is 4.40. The van der Waals surface area contributed by atoms with Gasteiger partial charge in [0.25, 0.3) is 0 Å². The summed E-state index contributed by atoms with van der Waals surface area (Å²) in [6, 6.07) is 5.11. The first-order valence-electron chi connectivity index (χ1n) is 6.87. The summed E-state index contributed by atoms with van der Waals surface area (Å²) in [5.74, 6) is 0.526. The van der Waals surface area contributed by atoms with Crippen molar-refractivity contribution < 1.29 is 23.8 Å². The molecule has 0 aliphatic carbocycles. The second-order valence-electron chi connectivity index (χ2n) is 4.15. The lowest BCUT2D eigenvalue weighted by Crippen LogP contribution is -2.14. The highest BCUT2D eigenvalue weighted by Crippen LogP contribution is 2.30. The van der Waals surface area contributed by atoms with Crippen LogP contribution in [0.15, 0.2) is 18.2 Å². The van der Waals surface area contributed by atoms with E-state index in [0.29, 0.717) is 30.4 Å². The predicted octanol–water partition coefficient (Wildman–Crippen LogP) is 2.38. The van der Waals surface area contributed by atoms with Gasteiger partial charge >= 0.3 is 5.97 Å². The van der Waals surface area contributed by atoms with Crippen molar-refractivity contribution in [3.05, 3.63) is 18.2 Å². The van der Waals surface area contributed by atoms with Crippen molar-refractivity contribution in [1.82, 2.24) is 0 Å². The minimum absolute atomic E-state index is 0.0636. The number of carbonyl (C=O) groups excluding carboxylic acids is 2. The standard InChI is InChI=1S/C15H21NO5/c1-4-20-13-10-11(6-7-12(13)19-3)16-14(17)8-9-15(18)21-5-2/h6-7,10H,4-5,8-9H2,1-3H3,(H,16,17). The third kappa shape index (κ3) is 5.72. The number of anilines is 1. The third-order valence-corrected chi connectivity index (χ3v) is 2.61. The number of ether oxygens (including phenoxy) is 3. The van der Waals surface area contributed by atoms with E-state index in [1.807, 2.05) is 6.92 Å². The smallest absolute Gasteiger partial charge is 0.306 e. The van der Waals surface area contributed by atoms with Gasteiger partial charge in [-0.25, -0.2) is 0 Å². The highest BCUT2D eigenvalue weighted by molar-refractivity contribution is 5.92. The van der Waals surface area contributed by atoms with Crippen molar-refractivity contribution in [2.45, 2.75) is 26.7 Å². The Bertz CT molecular complexity index is 487. The Hall–Kier alpha value is -2.24. The molecule has 1 aromatic rings. The molecule has 0 bridgehead atoms. The van der Waals surface area contributed by atoms with Crippen molar-refractivity contribution in [2.75, 3.05) is 25.6 Å². The Kier molecular flexibility index (Phi) is 7.08. The Balaban J connectivity index is 2.59. The fourth-order valence-corrected chi connectivity index (χ4v) is 1.69. The summed E-state index contributed by atoms with van der Waals surface area (Å²) in [4.78, 5) is 22.9. The molecule has 0 saturated heterocycles. The quantitative estimate of drug-likeness (QED) is 0.745. The van der Waals surface area contributed by atoms with Crippen LogP contribution in [0.5, 0.6) is 11.5 Å². The SMILES string of the molecule is CCOC(=O)CCC(=O)Nc1ccc(OC)c(OCC)c1. The maximum atomic E-state index is 11.8. The molecule has 0 unspecified atom stereocenters. The molecule has 6 heteroatoms. The van der Waals surface area contributed by atoms with Gasteiger partial charge in [-0.3, -0.25) is 9.59 Å². The fraction of sp³-hybridized carbons (Fsp3) is 0.467. The summed E-state index contributed by atoms with van der Waals surface area (Å²) in [5.41, 5.74) is 0.591. The van der Waals surface area contributed by atoms with E-state index in [-0.39, 0.29) is 24.7 Å². The lowest BCUT2D eigenvalue weighted by molar-refractivity contribution is -0.144. The monoisotopic (exact) mass is 295 g/mol. The Labute approximate surface area is 124 Å². The number of nitrogens with one attached hydrogen (secondary N) is 1. The van der Waals surface area contributed by atoms with Gasteiger partial charge in [-0.15, -0.1) is 0 Å². The zero-order chi connectivity index (χ0) is 15.7. The van der Waals surface area contributed by atoms with Crippen molar-refractivity contribution in [2.24, 2.45) is 0 Å². The van der Waals surface area contributed by atoms with E-state index in [4.69, 9.17) is 14.2 Å². The van der Waals surface area contributed by atoms with Crippen LogP contribution < -0.4 is 14.8 Å². The van der Waals surface area contributed by atoms with Gasteiger partial charge in [0.1, 0.15) is 0 Å². The Morgan fingerprint density at radius 3 is 2.48 bits per heavy atom. The summed E-state index contributed by atoms with van der Waals surface area (Å²) in [7, 11) is 1.55. The summed E-state index contributed by atoms with van der Waals surface area (Å²) >= 11 is 0. The zero-order valence-electron chi connectivity index (χ0n) is 12.6. The number of esters is 1. The van der Waals surface area contributed by atoms with Crippen LogP contribution in [0.25, 0.3) is 0 Å². The molecule has 0 saturated carbocycles. The number of hydrogen-bond donors (Lipinski definition) is 1. The molecule has 116 valence electrons. The number of benzene rings is 1. The molecule has 0 heterocycles. The fourth-order valence-electron chi connectivity index (χ4n) is 1.69. The van der Waals surface area contributed by atoms with Gasteiger partial charge in [-0.2, -0.15) is 0 Å². The number of methoxy groups -OCH3 is 1. The molecule has 1 amide bonds. The molecule has 6 nitrogen and oxygen atoms in total. The lowest BCUT2D eigenvalue weighted by Gasteiger charge is -2.11. The van der Waals surface area contributed by atoms with Crippen LogP contribution in [0.2, 0.25) is 0 Å². The van der Waals surface area contributed by atoms with Crippen LogP contribution in [0.1, 0.15) is 26.7 Å². The van der Waals surface area contributed by atoms with E-state index in [1.54, 1.807) is 32.2 Å². The number of carbonyl (C=O) groups is 2. The molecule has 0 spiro atoms. The second-order valence-corrected chi connectivity index (χ2v) is 4.15. The number of rotatable bonds is 8. The van der Waals surface area contributed by atoms with Gasteiger partial charge in [0.05, 0.1) is 26.7 Å². The normalized spacial score (nSPS) is 9.86. The molecule has 1 N–H and O–H groups in total. The molecule has 0 atom stereocenters. The first-order valence-corrected chi connectivity index (χ1v) is 6.87. The highest BCUT2D eigenvalue weighted by atomic mass is 16.5. The zero-order valence-corrected chi connectivity index (χ0v) is 12.6. The van der Waals surface area contributed by atoms with E-state index >= 15 is 0 Å². The van der Waals surface area contributed by atoms with Crippen molar-refractivity contribution in [1.29, 1.82) is 0 Å². The summed E-state index contributed by atoms with van der Waals surface area (Å²) in [5, 5.41) is 2.71. The van der Waals surface area contributed by atoms with Gasteiger partial charge in [0.15, 0.2) is 11.5 Å². The average molecular weight is 295 g/mol. The van der Waals surface area contributed by atoms with Crippen LogP contribution in [-0.2, 0) is 14.3 Å². The third-order valence-electron chi connectivity index (χ3n) is 2.61. The van der Waals surface area contributed by atoms with E-state index in [0.717, 1.165) is 0 Å². The van der Waals surface area contributed by atoms with Gasteiger partial charge in [0.2, 0.25) is 5.91 Å². The molecule has 1 aromatic carbocycles. The van der Waals surface area contributed by atoms with Gasteiger partial charge in [0, 0.05) is 18.2 Å². The number of amides is 1. The summed E-state index contributed by atoms with van der Waals surface area (Å²) in [6.07, 6.45) is 0.142. The minimum Gasteiger partial charge on any atom is -0.493 e. The molecular weight excluding hydrogens is 274 g/mol. The maximum absolute atomic E-state index is 11.8. The minimum atomic E-state index is -0.377. The van der Waals surface area contributed by atoms with Crippen molar-refractivity contribution in [3.8, 4) is 11.5 Å². The highest BCUT2D eigenvalue weighted by Gasteiger charge is 2.10. The molecule has 0 aliphatic heterocycles. The average Bonchev–Trinajstić information content (AvgIpc) is 2.46. The lowest BCUT2D eigenvalue weighted by atomic mass is 10.2. The molecule has 21 heavy (non-hydrogen) atoms. The summed E-state index contributed by atoms with van der Waals surface area (Å²) < 4.78 is 15.4. The van der Waals surface area contributed by atoms with Crippen molar-refractivity contribution >= 4 is 17.6 Å². The predicted molar refractivity (Wildman–Crippen MR) is 78.7 cm³/mol. The van der Waals surface area contributed by atoms with E-state index in [2.05, 4.69) is 5.32 Å².